The lowest BCUT2D eigenvalue weighted by atomic mass is 9.83. The third-order valence-electron chi connectivity index (χ3n) is 2.99. The van der Waals surface area contributed by atoms with Crippen molar-refractivity contribution in [2.24, 2.45) is 0 Å². The van der Waals surface area contributed by atoms with Crippen molar-refractivity contribution in [3.05, 3.63) is 47.8 Å². The summed E-state index contributed by atoms with van der Waals surface area (Å²) in [6, 6.07) is 8.24. The average Bonchev–Trinajstić information content (AvgIpc) is 2.40. The second-order valence-corrected chi connectivity index (χ2v) is 3.95. The highest BCUT2D eigenvalue weighted by Crippen LogP contribution is 2.31. The predicted molar refractivity (Wildman–Crippen MR) is 73.8 cm³/mol. The maximum absolute atomic E-state index is 5.79. The van der Waals surface area contributed by atoms with E-state index in [1.165, 1.54) is 22.3 Å². The molecular formula is C15H16BN. The molecule has 1 nitrogen and oxygen atoms in total. The lowest BCUT2D eigenvalue weighted by molar-refractivity contribution is 0.937. The van der Waals surface area contributed by atoms with Crippen molar-refractivity contribution in [2.75, 3.05) is 0 Å². The van der Waals surface area contributed by atoms with E-state index in [4.69, 9.17) is 7.85 Å². The van der Waals surface area contributed by atoms with Crippen LogP contribution in [-0.2, 0) is 12.8 Å². The van der Waals surface area contributed by atoms with Gasteiger partial charge in [0.1, 0.15) is 7.85 Å². The Kier molecular flexibility index (Phi) is 3.63. The second kappa shape index (κ2) is 5.18. The summed E-state index contributed by atoms with van der Waals surface area (Å²) < 4.78 is 0. The molecule has 0 spiro atoms. The van der Waals surface area contributed by atoms with Gasteiger partial charge >= 0.3 is 0 Å². The van der Waals surface area contributed by atoms with Crippen LogP contribution < -0.4 is 5.46 Å². The number of hydrogen-bond acceptors (Lipinski definition) is 1. The van der Waals surface area contributed by atoms with Crippen LogP contribution in [0.4, 0.5) is 0 Å². The summed E-state index contributed by atoms with van der Waals surface area (Å²) in [7, 11) is 5.79. The first kappa shape index (κ1) is 11.9. The first-order valence-corrected chi connectivity index (χ1v) is 6.16. The molecule has 1 aromatic heterocycles. The number of benzene rings is 1. The van der Waals surface area contributed by atoms with Crippen molar-refractivity contribution in [3.63, 3.8) is 0 Å². The van der Waals surface area contributed by atoms with E-state index in [2.05, 4.69) is 23.2 Å². The summed E-state index contributed by atoms with van der Waals surface area (Å²) in [6.07, 6.45) is 5.98. The highest BCUT2D eigenvalue weighted by Gasteiger charge is 2.15. The van der Waals surface area contributed by atoms with Crippen molar-refractivity contribution in [2.45, 2.75) is 26.7 Å². The summed E-state index contributed by atoms with van der Waals surface area (Å²) in [5.74, 6) is 0. The van der Waals surface area contributed by atoms with Crippen LogP contribution in [-0.4, -0.2) is 12.8 Å². The lowest BCUT2D eigenvalue weighted by Crippen LogP contribution is -2.09. The van der Waals surface area contributed by atoms with Gasteiger partial charge < -0.3 is 0 Å². The number of aromatic nitrogens is 1. The zero-order valence-electron chi connectivity index (χ0n) is 10.4. The van der Waals surface area contributed by atoms with Gasteiger partial charge in [-0.15, -0.1) is 0 Å². The molecule has 1 heterocycles. The molecule has 84 valence electrons. The van der Waals surface area contributed by atoms with E-state index in [1.807, 2.05) is 32.3 Å². The smallest absolute Gasteiger partial charge is 0.113 e. The molecule has 0 saturated heterocycles. The highest BCUT2D eigenvalue weighted by atomic mass is 14.6. The van der Waals surface area contributed by atoms with Gasteiger partial charge in [-0.2, -0.15) is 0 Å². The van der Waals surface area contributed by atoms with Crippen LogP contribution in [0.3, 0.4) is 0 Å². The van der Waals surface area contributed by atoms with Crippen LogP contribution in [0.5, 0.6) is 0 Å². The molecule has 1 aliphatic carbocycles. The van der Waals surface area contributed by atoms with Crippen LogP contribution in [0.2, 0.25) is 0 Å². The van der Waals surface area contributed by atoms with E-state index in [0.29, 0.717) is 0 Å². The average molecular weight is 221 g/mol. The largest absolute Gasteiger partial charge is 0.264 e. The van der Waals surface area contributed by atoms with E-state index in [1.54, 1.807) is 0 Å². The second-order valence-electron chi connectivity index (χ2n) is 3.95. The number of rotatable bonds is 0. The summed E-state index contributed by atoms with van der Waals surface area (Å²) in [6.45, 7) is 4.00. The predicted octanol–water partition coefficient (Wildman–Crippen LogP) is 2.67. The molecular weight excluding hydrogens is 205 g/mol. The lowest BCUT2D eigenvalue weighted by Gasteiger charge is -2.19. The van der Waals surface area contributed by atoms with Gasteiger partial charge in [0.15, 0.2) is 0 Å². The van der Waals surface area contributed by atoms with E-state index >= 15 is 0 Å². The molecule has 0 atom stereocenters. The zero-order chi connectivity index (χ0) is 12.3. The van der Waals surface area contributed by atoms with Crippen LogP contribution in [0.1, 0.15) is 25.0 Å². The minimum atomic E-state index is 0.848. The maximum atomic E-state index is 5.79. The quantitative estimate of drug-likeness (QED) is 0.623. The van der Waals surface area contributed by atoms with E-state index in [-0.39, 0.29) is 0 Å². The van der Waals surface area contributed by atoms with E-state index < -0.39 is 0 Å². The fourth-order valence-corrected chi connectivity index (χ4v) is 2.24. The van der Waals surface area contributed by atoms with Crippen molar-refractivity contribution in [3.8, 4) is 11.1 Å². The van der Waals surface area contributed by atoms with Crippen LogP contribution in [0.25, 0.3) is 11.1 Å². The Morgan fingerprint density at radius 1 is 1.00 bits per heavy atom. The number of fused-ring (bicyclic) bond motifs is 3. The fourth-order valence-electron chi connectivity index (χ4n) is 2.24. The van der Waals surface area contributed by atoms with Crippen molar-refractivity contribution in [1.29, 1.82) is 0 Å². The normalized spacial score (nSPS) is 11.9. The summed E-state index contributed by atoms with van der Waals surface area (Å²) in [4.78, 5) is 4.19. The maximum Gasteiger partial charge on any atom is 0.113 e. The summed E-state index contributed by atoms with van der Waals surface area (Å²) in [5, 5.41) is 0. The third kappa shape index (κ3) is 2.26. The Balaban J connectivity index is 0.000000514. The number of pyridine rings is 1. The van der Waals surface area contributed by atoms with E-state index in [9.17, 15) is 0 Å². The van der Waals surface area contributed by atoms with Crippen molar-refractivity contribution < 1.29 is 0 Å². The number of aryl methyl sites for hydroxylation is 2. The molecule has 0 unspecified atom stereocenters. The summed E-state index contributed by atoms with van der Waals surface area (Å²) in [5.41, 5.74) is 6.14. The SMILES string of the molecule is CC.[B]c1ccc2c(c1)CCc1ccncc1-2. The van der Waals surface area contributed by atoms with Gasteiger partial charge in [-0.25, -0.2) is 0 Å². The van der Waals surface area contributed by atoms with Gasteiger partial charge in [-0.1, -0.05) is 37.5 Å². The minimum Gasteiger partial charge on any atom is -0.264 e. The fraction of sp³-hybridized carbons (Fsp3) is 0.267. The topological polar surface area (TPSA) is 12.9 Å². The van der Waals surface area contributed by atoms with Crippen molar-refractivity contribution >= 4 is 13.3 Å². The van der Waals surface area contributed by atoms with Crippen molar-refractivity contribution in [1.82, 2.24) is 4.98 Å². The standard InChI is InChI=1S/C13H10BN.C2H6/c14-11-3-4-12-10(7-11)2-1-9-5-6-15-8-13(9)12;1-2/h3-8H,1-2H2;1-2H3. The summed E-state index contributed by atoms with van der Waals surface area (Å²) >= 11 is 0. The molecule has 17 heavy (non-hydrogen) atoms. The Morgan fingerprint density at radius 2 is 1.76 bits per heavy atom. The molecule has 0 fully saturated rings. The molecule has 0 saturated carbocycles. The molecule has 2 heteroatoms. The molecule has 3 rings (SSSR count). The van der Waals surface area contributed by atoms with Crippen LogP contribution >= 0.6 is 0 Å². The molecule has 1 aliphatic rings. The van der Waals surface area contributed by atoms with Gasteiger partial charge in [0, 0.05) is 18.0 Å². The van der Waals surface area contributed by atoms with Gasteiger partial charge in [0.2, 0.25) is 0 Å². The molecule has 1 aromatic carbocycles. The monoisotopic (exact) mass is 221 g/mol. The van der Waals surface area contributed by atoms with Gasteiger partial charge in [-0.3, -0.25) is 4.98 Å². The highest BCUT2D eigenvalue weighted by molar-refractivity contribution is 6.32. The van der Waals surface area contributed by atoms with Gasteiger partial charge in [0.05, 0.1) is 0 Å². The first-order valence-electron chi connectivity index (χ1n) is 6.16. The third-order valence-corrected chi connectivity index (χ3v) is 2.99. The molecule has 2 radical (unpaired) electrons. The molecule has 0 N–H and O–H groups in total. The van der Waals surface area contributed by atoms with Crippen LogP contribution in [0, 0.1) is 0 Å². The first-order chi connectivity index (χ1) is 8.34. The number of hydrogen-bond donors (Lipinski definition) is 0. The Hall–Kier alpha value is -1.57. The number of nitrogens with zero attached hydrogens (tertiary/aromatic N) is 1. The van der Waals surface area contributed by atoms with Gasteiger partial charge in [-0.05, 0) is 35.6 Å². The molecule has 0 bridgehead atoms. The zero-order valence-corrected chi connectivity index (χ0v) is 10.4. The Labute approximate surface area is 104 Å². The minimum absolute atomic E-state index is 0.848. The molecule has 0 amide bonds. The Bertz CT molecular complexity index is 520. The molecule has 2 aromatic rings. The van der Waals surface area contributed by atoms with E-state index in [0.717, 1.165) is 18.3 Å². The van der Waals surface area contributed by atoms with Crippen LogP contribution in [0.15, 0.2) is 36.7 Å². The Morgan fingerprint density at radius 3 is 2.59 bits per heavy atom. The molecule has 0 aliphatic heterocycles. The van der Waals surface area contributed by atoms with Gasteiger partial charge in [0.25, 0.3) is 0 Å².